The minimum absolute atomic E-state index is 0.0168. The van der Waals surface area contributed by atoms with Crippen LogP contribution in [0, 0.1) is 0 Å². The van der Waals surface area contributed by atoms with Gasteiger partial charge in [0.1, 0.15) is 12.6 Å². The molecule has 0 aliphatic heterocycles. The number of carboxylic acids is 1. The third-order valence-corrected chi connectivity index (χ3v) is 7.02. The zero-order valence-electron chi connectivity index (χ0n) is 26.8. The fourth-order valence-corrected chi connectivity index (χ4v) is 4.56. The van der Waals surface area contributed by atoms with Crippen molar-refractivity contribution in [3.8, 4) is 0 Å². The van der Waals surface area contributed by atoms with Gasteiger partial charge in [-0.15, -0.1) is 0 Å². The van der Waals surface area contributed by atoms with Crippen LogP contribution in [-0.4, -0.2) is 35.6 Å². The molecule has 0 bridgehead atoms. The van der Waals surface area contributed by atoms with E-state index in [9.17, 15) is 14.4 Å². The molecule has 6 nitrogen and oxygen atoms in total. The first-order valence-electron chi connectivity index (χ1n) is 16.8. The number of allylic oxidation sites excluding steroid dienone is 8. The lowest BCUT2D eigenvalue weighted by Gasteiger charge is -2.18. The summed E-state index contributed by atoms with van der Waals surface area (Å²) in [7, 11) is 0. The van der Waals surface area contributed by atoms with Crippen molar-refractivity contribution in [2.75, 3.05) is 6.54 Å². The van der Waals surface area contributed by atoms with E-state index in [2.05, 4.69) is 67.8 Å². The summed E-state index contributed by atoms with van der Waals surface area (Å²) in [6.07, 6.45) is 38.0. The van der Waals surface area contributed by atoms with E-state index in [1.54, 1.807) is 0 Å². The zero-order chi connectivity index (χ0) is 30.9. The van der Waals surface area contributed by atoms with E-state index in [0.717, 1.165) is 89.9 Å². The molecule has 2 N–H and O–H groups in total. The van der Waals surface area contributed by atoms with Gasteiger partial charge < -0.3 is 15.2 Å². The number of carbonyl (C=O) groups is 3. The number of rotatable bonds is 29. The fraction of sp³-hybridized carbons (Fsp3) is 0.694. The largest absolute Gasteiger partial charge is 0.480 e. The monoisotopic (exact) mass is 587 g/mol. The Morgan fingerprint density at radius 2 is 1.17 bits per heavy atom. The fourth-order valence-electron chi connectivity index (χ4n) is 4.56. The van der Waals surface area contributed by atoms with Crippen LogP contribution in [0.3, 0.4) is 0 Å². The summed E-state index contributed by atoms with van der Waals surface area (Å²) in [4.78, 5) is 34.7. The third kappa shape index (κ3) is 30.3. The van der Waals surface area contributed by atoms with Crippen LogP contribution in [0.4, 0.5) is 0 Å². The standard InChI is InChI=1S/C36H61NO5/c1-3-5-7-9-11-12-13-14-15-16-17-18-19-21-27-31-36(41)42-33(28-24-20-10-8-6-4-2)29-25-22-23-26-30-34(38)37-32-35(39)40/h5,7,11-12,14-15,17-18,33H,3-4,6,8-10,13,16,19-32H2,1-2H3,(H,37,38)(H,39,40)/b7-5-,12-11-,15-14-,18-17-. The smallest absolute Gasteiger partial charge is 0.322 e. The van der Waals surface area contributed by atoms with Crippen molar-refractivity contribution in [3.05, 3.63) is 48.6 Å². The van der Waals surface area contributed by atoms with Crippen LogP contribution in [0.2, 0.25) is 0 Å². The number of amides is 1. The van der Waals surface area contributed by atoms with Gasteiger partial charge in [-0.3, -0.25) is 14.4 Å². The molecule has 0 aromatic carbocycles. The highest BCUT2D eigenvalue weighted by molar-refractivity contribution is 5.80. The molecular weight excluding hydrogens is 526 g/mol. The van der Waals surface area contributed by atoms with Crippen molar-refractivity contribution < 1.29 is 24.2 Å². The number of carbonyl (C=O) groups excluding carboxylic acids is 2. The highest BCUT2D eigenvalue weighted by Gasteiger charge is 2.14. The molecule has 0 saturated heterocycles. The number of hydrogen-bond donors (Lipinski definition) is 2. The average Bonchev–Trinajstić information content (AvgIpc) is 2.97. The summed E-state index contributed by atoms with van der Waals surface area (Å²) in [5, 5.41) is 11.0. The lowest BCUT2D eigenvalue weighted by atomic mass is 10.0. The number of esters is 1. The second-order valence-corrected chi connectivity index (χ2v) is 11.0. The molecule has 0 aliphatic rings. The second-order valence-electron chi connectivity index (χ2n) is 11.0. The van der Waals surface area contributed by atoms with Crippen LogP contribution in [0.25, 0.3) is 0 Å². The first kappa shape index (κ1) is 39.4. The number of carboxylic acid groups (broad SMARTS) is 1. The zero-order valence-corrected chi connectivity index (χ0v) is 26.8. The molecule has 1 unspecified atom stereocenters. The van der Waals surface area contributed by atoms with Crippen molar-refractivity contribution >= 4 is 17.8 Å². The van der Waals surface area contributed by atoms with E-state index in [-0.39, 0.29) is 24.5 Å². The van der Waals surface area contributed by atoms with Crippen LogP contribution in [0.1, 0.15) is 149 Å². The maximum absolute atomic E-state index is 12.5. The number of hydrogen-bond acceptors (Lipinski definition) is 4. The first-order valence-corrected chi connectivity index (χ1v) is 16.8. The maximum Gasteiger partial charge on any atom is 0.322 e. The summed E-state index contributed by atoms with van der Waals surface area (Å²) in [6.45, 7) is 4.05. The number of nitrogens with one attached hydrogen (secondary N) is 1. The second kappa shape index (κ2) is 31.3. The molecule has 1 amide bonds. The van der Waals surface area contributed by atoms with Gasteiger partial charge in [0.25, 0.3) is 0 Å². The Morgan fingerprint density at radius 1 is 0.643 bits per heavy atom. The summed E-state index contributed by atoms with van der Waals surface area (Å²) in [6, 6.07) is 0. The third-order valence-electron chi connectivity index (χ3n) is 7.02. The summed E-state index contributed by atoms with van der Waals surface area (Å²) in [5.41, 5.74) is 0. The highest BCUT2D eigenvalue weighted by atomic mass is 16.5. The van der Waals surface area contributed by atoms with E-state index >= 15 is 0 Å². The number of unbranched alkanes of at least 4 members (excludes halogenated alkanes) is 10. The molecule has 0 rings (SSSR count). The van der Waals surface area contributed by atoms with Gasteiger partial charge in [-0.25, -0.2) is 0 Å². The molecule has 6 heteroatoms. The van der Waals surface area contributed by atoms with E-state index in [0.29, 0.717) is 12.8 Å². The number of aliphatic carboxylic acids is 1. The summed E-state index contributed by atoms with van der Waals surface area (Å²) < 4.78 is 5.90. The van der Waals surface area contributed by atoms with Gasteiger partial charge in [0.05, 0.1) is 0 Å². The molecule has 42 heavy (non-hydrogen) atoms. The van der Waals surface area contributed by atoms with Crippen LogP contribution >= 0.6 is 0 Å². The van der Waals surface area contributed by atoms with E-state index < -0.39 is 5.97 Å². The van der Waals surface area contributed by atoms with Crippen LogP contribution in [0.15, 0.2) is 48.6 Å². The molecule has 0 aromatic heterocycles. The molecule has 240 valence electrons. The van der Waals surface area contributed by atoms with Gasteiger partial charge in [-0.1, -0.05) is 107 Å². The van der Waals surface area contributed by atoms with Gasteiger partial charge in [-0.2, -0.15) is 0 Å². The van der Waals surface area contributed by atoms with Crippen molar-refractivity contribution in [3.63, 3.8) is 0 Å². The van der Waals surface area contributed by atoms with Gasteiger partial charge in [-0.05, 0) is 77.0 Å². The quantitative estimate of drug-likeness (QED) is 0.0516. The van der Waals surface area contributed by atoms with Gasteiger partial charge in [0.15, 0.2) is 0 Å². The molecule has 0 spiro atoms. The Hall–Kier alpha value is -2.63. The SMILES string of the molecule is CC/C=C\C/C=C\C/C=C\C/C=C\CCCCC(=O)OC(CCCCCCCC)CCCCCCC(=O)NCC(=O)O. The van der Waals surface area contributed by atoms with E-state index in [1.165, 1.54) is 32.1 Å². The molecule has 0 aliphatic carbocycles. The minimum Gasteiger partial charge on any atom is -0.480 e. The normalized spacial score (nSPS) is 12.6. The Bertz CT molecular complexity index is 784. The van der Waals surface area contributed by atoms with E-state index in [1.807, 2.05) is 0 Å². The molecule has 0 fully saturated rings. The molecular formula is C36H61NO5. The summed E-state index contributed by atoms with van der Waals surface area (Å²) >= 11 is 0. The maximum atomic E-state index is 12.5. The van der Waals surface area contributed by atoms with Crippen LogP contribution in [-0.2, 0) is 19.1 Å². The average molecular weight is 588 g/mol. The lowest BCUT2D eigenvalue weighted by molar-refractivity contribution is -0.150. The molecule has 0 aromatic rings. The first-order chi connectivity index (χ1) is 20.5. The van der Waals surface area contributed by atoms with Crippen LogP contribution in [0.5, 0.6) is 0 Å². The number of ether oxygens (including phenoxy) is 1. The Balaban J connectivity index is 4.16. The molecule has 1 atom stereocenters. The van der Waals surface area contributed by atoms with Gasteiger partial charge >= 0.3 is 11.9 Å². The predicted molar refractivity (Wildman–Crippen MR) is 175 cm³/mol. The van der Waals surface area contributed by atoms with Crippen molar-refractivity contribution in [1.29, 1.82) is 0 Å². The van der Waals surface area contributed by atoms with Gasteiger partial charge in [0, 0.05) is 12.8 Å². The Labute approximate surface area is 257 Å². The van der Waals surface area contributed by atoms with Crippen molar-refractivity contribution in [2.24, 2.45) is 0 Å². The lowest BCUT2D eigenvalue weighted by Crippen LogP contribution is -2.28. The van der Waals surface area contributed by atoms with E-state index in [4.69, 9.17) is 9.84 Å². The van der Waals surface area contributed by atoms with Crippen molar-refractivity contribution in [2.45, 2.75) is 155 Å². The highest BCUT2D eigenvalue weighted by Crippen LogP contribution is 2.18. The van der Waals surface area contributed by atoms with Gasteiger partial charge in [0.2, 0.25) is 5.91 Å². The summed E-state index contributed by atoms with van der Waals surface area (Å²) in [5.74, 6) is -1.32. The predicted octanol–water partition coefficient (Wildman–Crippen LogP) is 9.56. The Kier molecular flexibility index (Phi) is 29.3. The van der Waals surface area contributed by atoms with Crippen LogP contribution < -0.4 is 5.32 Å². The van der Waals surface area contributed by atoms with Crippen molar-refractivity contribution in [1.82, 2.24) is 5.32 Å². The molecule has 0 radical (unpaired) electrons. The topological polar surface area (TPSA) is 92.7 Å². The Morgan fingerprint density at radius 3 is 1.76 bits per heavy atom. The minimum atomic E-state index is -1.03. The molecule has 0 saturated carbocycles. The molecule has 0 heterocycles.